The van der Waals surface area contributed by atoms with Crippen LogP contribution in [0.25, 0.3) is 0 Å². The Balaban J connectivity index is 1.99. The van der Waals surface area contributed by atoms with Gasteiger partial charge in [0.15, 0.2) is 0 Å². The summed E-state index contributed by atoms with van der Waals surface area (Å²) in [5, 5.41) is 2.90. The van der Waals surface area contributed by atoms with E-state index in [0.29, 0.717) is 11.6 Å². The lowest BCUT2D eigenvalue weighted by molar-refractivity contribution is 0.194. The zero-order valence-electron chi connectivity index (χ0n) is 11.0. The van der Waals surface area contributed by atoms with Gasteiger partial charge in [-0.05, 0) is 50.8 Å². The molecular formula is C14H21N3O. The van der Waals surface area contributed by atoms with Crippen LogP contribution < -0.4 is 11.1 Å². The van der Waals surface area contributed by atoms with Gasteiger partial charge in [-0.25, -0.2) is 4.79 Å². The highest BCUT2D eigenvalue weighted by atomic mass is 16.2. The second kappa shape index (κ2) is 5.29. The minimum absolute atomic E-state index is 0.0394. The van der Waals surface area contributed by atoms with E-state index >= 15 is 0 Å². The van der Waals surface area contributed by atoms with Crippen LogP contribution in [0.3, 0.4) is 0 Å². The maximum absolute atomic E-state index is 12.2. The van der Waals surface area contributed by atoms with E-state index in [9.17, 15) is 4.79 Å². The van der Waals surface area contributed by atoms with Crippen LogP contribution in [0, 0.1) is 5.92 Å². The number of hydrogen-bond acceptors (Lipinski definition) is 2. The van der Waals surface area contributed by atoms with Crippen LogP contribution in [-0.4, -0.2) is 23.5 Å². The molecule has 0 atom stereocenters. The molecule has 0 bridgehead atoms. The Morgan fingerprint density at radius 3 is 2.78 bits per heavy atom. The fourth-order valence-electron chi connectivity index (χ4n) is 1.92. The average Bonchev–Trinajstić information content (AvgIpc) is 3.09. The average molecular weight is 247 g/mol. The van der Waals surface area contributed by atoms with Gasteiger partial charge in [-0.1, -0.05) is 6.07 Å². The number of anilines is 2. The topological polar surface area (TPSA) is 58.4 Å². The van der Waals surface area contributed by atoms with Crippen molar-refractivity contribution in [1.29, 1.82) is 0 Å². The Morgan fingerprint density at radius 1 is 1.50 bits per heavy atom. The van der Waals surface area contributed by atoms with Gasteiger partial charge < -0.3 is 16.0 Å². The van der Waals surface area contributed by atoms with E-state index in [0.717, 1.165) is 12.2 Å². The number of carbonyl (C=O) groups is 1. The number of carbonyl (C=O) groups excluding carboxylic acids is 1. The second-order valence-corrected chi connectivity index (χ2v) is 5.25. The largest absolute Gasteiger partial charge is 0.399 e. The number of benzene rings is 1. The highest BCUT2D eigenvalue weighted by molar-refractivity contribution is 5.90. The molecule has 1 aliphatic rings. The summed E-state index contributed by atoms with van der Waals surface area (Å²) in [5.74, 6) is 0.694. The Kier molecular flexibility index (Phi) is 3.75. The molecule has 4 nitrogen and oxygen atoms in total. The molecule has 1 saturated carbocycles. The normalized spacial score (nSPS) is 14.6. The molecule has 98 valence electrons. The van der Waals surface area contributed by atoms with Gasteiger partial charge in [0.25, 0.3) is 0 Å². The fraction of sp³-hybridized carbons (Fsp3) is 0.500. The molecule has 4 heteroatoms. The predicted molar refractivity (Wildman–Crippen MR) is 74.4 cm³/mol. The van der Waals surface area contributed by atoms with Crippen LogP contribution >= 0.6 is 0 Å². The van der Waals surface area contributed by atoms with E-state index in [2.05, 4.69) is 5.32 Å². The van der Waals surface area contributed by atoms with Crippen molar-refractivity contribution in [2.45, 2.75) is 32.7 Å². The van der Waals surface area contributed by atoms with Crippen LogP contribution in [0.15, 0.2) is 24.3 Å². The first-order valence-electron chi connectivity index (χ1n) is 6.49. The maximum Gasteiger partial charge on any atom is 0.322 e. The van der Waals surface area contributed by atoms with Crippen molar-refractivity contribution in [2.75, 3.05) is 17.6 Å². The third-order valence-corrected chi connectivity index (χ3v) is 3.17. The molecule has 2 amide bonds. The Labute approximate surface area is 108 Å². The van der Waals surface area contributed by atoms with Crippen LogP contribution in [-0.2, 0) is 0 Å². The summed E-state index contributed by atoms with van der Waals surface area (Å²) in [6.07, 6.45) is 2.49. The van der Waals surface area contributed by atoms with Crippen molar-refractivity contribution in [3.63, 3.8) is 0 Å². The summed E-state index contributed by atoms with van der Waals surface area (Å²) < 4.78 is 0. The number of hydrogen-bond donors (Lipinski definition) is 2. The van der Waals surface area contributed by atoms with Crippen molar-refractivity contribution in [3.05, 3.63) is 24.3 Å². The van der Waals surface area contributed by atoms with E-state index in [1.165, 1.54) is 12.8 Å². The highest BCUT2D eigenvalue weighted by Crippen LogP contribution is 2.30. The Morgan fingerprint density at radius 2 is 2.22 bits per heavy atom. The highest BCUT2D eigenvalue weighted by Gasteiger charge is 2.28. The summed E-state index contributed by atoms with van der Waals surface area (Å²) in [7, 11) is 0. The van der Waals surface area contributed by atoms with Gasteiger partial charge in [-0.15, -0.1) is 0 Å². The minimum Gasteiger partial charge on any atom is -0.399 e. The van der Waals surface area contributed by atoms with E-state index in [1.54, 1.807) is 12.1 Å². The van der Waals surface area contributed by atoms with Crippen LogP contribution in [0.4, 0.5) is 16.2 Å². The van der Waals surface area contributed by atoms with Crippen molar-refractivity contribution >= 4 is 17.4 Å². The zero-order chi connectivity index (χ0) is 13.1. The maximum atomic E-state index is 12.2. The molecule has 0 saturated heterocycles. The van der Waals surface area contributed by atoms with Crippen molar-refractivity contribution in [2.24, 2.45) is 5.92 Å². The molecular weight excluding hydrogens is 226 g/mol. The Hall–Kier alpha value is -1.71. The predicted octanol–water partition coefficient (Wildman–Crippen LogP) is 2.92. The molecule has 0 unspecified atom stereocenters. The molecule has 1 aromatic rings. The van der Waals surface area contributed by atoms with Crippen LogP contribution in [0.1, 0.15) is 26.7 Å². The zero-order valence-corrected chi connectivity index (χ0v) is 11.0. The SMILES string of the molecule is CC(C)N(CC1CC1)C(=O)Nc1cccc(N)c1. The van der Waals surface area contributed by atoms with Crippen LogP contribution in [0.5, 0.6) is 0 Å². The molecule has 0 aromatic heterocycles. The van der Waals surface area contributed by atoms with E-state index in [1.807, 2.05) is 30.9 Å². The van der Waals surface area contributed by atoms with Crippen LogP contribution in [0.2, 0.25) is 0 Å². The molecule has 0 spiro atoms. The summed E-state index contributed by atoms with van der Waals surface area (Å²) in [5.41, 5.74) is 7.11. The summed E-state index contributed by atoms with van der Waals surface area (Å²) in [6.45, 7) is 4.94. The number of nitrogen functional groups attached to an aromatic ring is 1. The number of urea groups is 1. The minimum atomic E-state index is -0.0394. The molecule has 1 aromatic carbocycles. The van der Waals surface area contributed by atoms with Gasteiger partial charge in [-0.2, -0.15) is 0 Å². The number of nitrogens with one attached hydrogen (secondary N) is 1. The van der Waals surface area contributed by atoms with Crippen molar-refractivity contribution in [3.8, 4) is 0 Å². The van der Waals surface area contributed by atoms with E-state index in [-0.39, 0.29) is 12.1 Å². The number of rotatable bonds is 4. The lowest BCUT2D eigenvalue weighted by Crippen LogP contribution is -2.41. The van der Waals surface area contributed by atoms with Gasteiger partial charge in [0.1, 0.15) is 0 Å². The molecule has 1 aliphatic carbocycles. The van der Waals surface area contributed by atoms with Gasteiger partial charge in [-0.3, -0.25) is 0 Å². The molecule has 0 heterocycles. The third-order valence-electron chi connectivity index (χ3n) is 3.17. The lowest BCUT2D eigenvalue weighted by Gasteiger charge is -2.27. The summed E-state index contributed by atoms with van der Waals surface area (Å²) in [6, 6.07) is 7.44. The molecule has 0 radical (unpaired) electrons. The number of nitrogens with two attached hydrogens (primary N) is 1. The number of nitrogens with zero attached hydrogens (tertiary/aromatic N) is 1. The smallest absolute Gasteiger partial charge is 0.322 e. The second-order valence-electron chi connectivity index (χ2n) is 5.25. The summed E-state index contributed by atoms with van der Waals surface area (Å²) in [4.78, 5) is 14.1. The fourth-order valence-corrected chi connectivity index (χ4v) is 1.92. The van der Waals surface area contributed by atoms with E-state index in [4.69, 9.17) is 5.73 Å². The molecule has 3 N–H and O–H groups in total. The molecule has 0 aliphatic heterocycles. The van der Waals surface area contributed by atoms with E-state index < -0.39 is 0 Å². The molecule has 1 fully saturated rings. The van der Waals surface area contributed by atoms with Crippen molar-refractivity contribution < 1.29 is 4.79 Å². The first kappa shape index (κ1) is 12.7. The quantitative estimate of drug-likeness (QED) is 0.804. The first-order valence-corrected chi connectivity index (χ1v) is 6.49. The third kappa shape index (κ3) is 3.39. The van der Waals surface area contributed by atoms with Crippen molar-refractivity contribution in [1.82, 2.24) is 4.90 Å². The summed E-state index contributed by atoms with van der Waals surface area (Å²) >= 11 is 0. The van der Waals surface area contributed by atoms with Gasteiger partial charge >= 0.3 is 6.03 Å². The van der Waals surface area contributed by atoms with Gasteiger partial charge in [0, 0.05) is 24.0 Å². The number of amides is 2. The Bertz CT molecular complexity index is 427. The lowest BCUT2D eigenvalue weighted by atomic mass is 10.2. The molecule has 18 heavy (non-hydrogen) atoms. The monoisotopic (exact) mass is 247 g/mol. The molecule has 2 rings (SSSR count). The first-order chi connectivity index (χ1) is 8.56. The van der Waals surface area contributed by atoms with Gasteiger partial charge in [0.05, 0.1) is 0 Å². The van der Waals surface area contributed by atoms with Gasteiger partial charge in [0.2, 0.25) is 0 Å². The standard InChI is InChI=1S/C14H21N3O/c1-10(2)17(9-11-6-7-11)14(18)16-13-5-3-4-12(15)8-13/h3-5,8,10-11H,6-7,9,15H2,1-2H3,(H,16,18).